The molecule has 0 aliphatic carbocycles. The summed E-state index contributed by atoms with van der Waals surface area (Å²) in [5.41, 5.74) is 0. The number of hydrogen-bond donors (Lipinski definition) is 7. The van der Waals surface area contributed by atoms with Crippen LogP contribution < -0.4 is 0 Å². The lowest BCUT2D eigenvalue weighted by Gasteiger charge is -2.42. The van der Waals surface area contributed by atoms with Crippen molar-refractivity contribution in [1.29, 1.82) is 0 Å². The highest BCUT2D eigenvalue weighted by atomic mass is 16.7. The Hall–Kier alpha value is -1.76. The van der Waals surface area contributed by atoms with E-state index in [4.69, 9.17) is 28.4 Å². The number of carbonyl (C=O) groups excluding carboxylic acids is 2. The lowest BCUT2D eigenvalue weighted by molar-refractivity contribution is -0.332. The van der Waals surface area contributed by atoms with E-state index in [0.717, 1.165) is 44.9 Å². The minimum atomic E-state index is -1.76. The molecule has 0 aromatic carbocycles. The molecular weight excluding hydrogens is 877 g/mol. The average Bonchev–Trinajstić information content (AvgIpc) is 3.33. The fraction of sp³-hybridized carbons (Fsp3) is 0.925. The third kappa shape index (κ3) is 28.3. The van der Waals surface area contributed by atoms with E-state index < -0.39 is 92.7 Å². The first-order valence-corrected chi connectivity index (χ1v) is 27.3. The zero-order valence-corrected chi connectivity index (χ0v) is 42.4. The van der Waals surface area contributed by atoms with Crippen molar-refractivity contribution in [2.24, 2.45) is 0 Å². The van der Waals surface area contributed by atoms with Gasteiger partial charge in [0.05, 0.1) is 19.8 Å². The summed E-state index contributed by atoms with van der Waals surface area (Å²) in [5, 5.41) is 72.1. The van der Waals surface area contributed by atoms with Crippen LogP contribution in [0.3, 0.4) is 0 Å². The van der Waals surface area contributed by atoms with Gasteiger partial charge in [-0.2, -0.15) is 0 Å². The molecule has 15 heteroatoms. The maximum Gasteiger partial charge on any atom is 0.306 e. The molecular formula is C53H98O15. The molecule has 0 bridgehead atoms. The van der Waals surface area contributed by atoms with Crippen molar-refractivity contribution in [3.8, 4) is 0 Å². The molecule has 400 valence electrons. The maximum absolute atomic E-state index is 13.0. The normalized spacial score (nSPS) is 25.8. The molecule has 0 amide bonds. The second-order valence-corrected chi connectivity index (χ2v) is 19.4. The van der Waals surface area contributed by atoms with Crippen LogP contribution in [0.5, 0.6) is 0 Å². The summed E-state index contributed by atoms with van der Waals surface area (Å²) >= 11 is 0. The number of aliphatic hydroxyl groups is 7. The highest BCUT2D eigenvalue weighted by molar-refractivity contribution is 5.70. The molecule has 0 aromatic rings. The molecule has 2 aliphatic heterocycles. The summed E-state index contributed by atoms with van der Waals surface area (Å²) in [6, 6.07) is 0. The number of aliphatic hydroxyl groups excluding tert-OH is 7. The summed E-state index contributed by atoms with van der Waals surface area (Å²) in [6.45, 7) is 2.61. The van der Waals surface area contributed by atoms with Gasteiger partial charge in [0.2, 0.25) is 0 Å². The predicted octanol–water partition coefficient (Wildman–Crippen LogP) is 8.16. The fourth-order valence-electron chi connectivity index (χ4n) is 8.74. The summed E-state index contributed by atoms with van der Waals surface area (Å²) in [6.07, 6.45) is 23.8. The molecule has 0 aromatic heterocycles. The topological polar surface area (TPSA) is 231 Å². The first kappa shape index (κ1) is 62.4. The van der Waals surface area contributed by atoms with E-state index in [9.17, 15) is 45.3 Å². The van der Waals surface area contributed by atoms with Crippen molar-refractivity contribution < 1.29 is 73.8 Å². The number of rotatable bonds is 43. The monoisotopic (exact) mass is 975 g/mol. The zero-order chi connectivity index (χ0) is 49.6. The number of esters is 2. The smallest absolute Gasteiger partial charge is 0.306 e. The Morgan fingerprint density at radius 3 is 1.31 bits per heavy atom. The molecule has 2 rings (SSSR count). The van der Waals surface area contributed by atoms with E-state index >= 15 is 0 Å². The first-order valence-electron chi connectivity index (χ1n) is 27.3. The van der Waals surface area contributed by atoms with E-state index in [-0.39, 0.29) is 26.1 Å². The van der Waals surface area contributed by atoms with Crippen LogP contribution in [0.2, 0.25) is 0 Å². The third-order valence-electron chi connectivity index (χ3n) is 13.2. The molecule has 68 heavy (non-hydrogen) atoms. The Balaban J connectivity index is 1.78. The number of ether oxygens (including phenoxy) is 6. The molecule has 4 unspecified atom stereocenters. The molecule has 0 radical (unpaired) electrons. The maximum atomic E-state index is 13.0. The number of hydrogen-bond acceptors (Lipinski definition) is 15. The van der Waals surface area contributed by atoms with E-state index in [1.165, 1.54) is 135 Å². The summed E-state index contributed by atoms with van der Waals surface area (Å²) in [5.74, 6) is -0.931. The average molecular weight is 975 g/mol. The summed E-state index contributed by atoms with van der Waals surface area (Å²) < 4.78 is 33.6. The van der Waals surface area contributed by atoms with Crippen LogP contribution in [0.15, 0.2) is 12.2 Å². The van der Waals surface area contributed by atoms with Gasteiger partial charge in [-0.1, -0.05) is 180 Å². The van der Waals surface area contributed by atoms with Crippen molar-refractivity contribution >= 4 is 11.9 Å². The minimum absolute atomic E-state index is 0.149. The lowest BCUT2D eigenvalue weighted by Crippen LogP contribution is -2.61. The summed E-state index contributed by atoms with van der Waals surface area (Å²) in [7, 11) is 0. The van der Waals surface area contributed by atoms with Crippen molar-refractivity contribution in [2.45, 2.75) is 287 Å². The van der Waals surface area contributed by atoms with Gasteiger partial charge in [-0.25, -0.2) is 0 Å². The molecule has 11 atom stereocenters. The van der Waals surface area contributed by atoms with Gasteiger partial charge in [-0.3, -0.25) is 9.59 Å². The molecule has 2 saturated heterocycles. The van der Waals surface area contributed by atoms with Gasteiger partial charge in [-0.05, 0) is 38.5 Å². The van der Waals surface area contributed by atoms with Crippen LogP contribution in [-0.2, 0) is 38.0 Å². The fourth-order valence-corrected chi connectivity index (χ4v) is 8.74. The molecule has 7 N–H and O–H groups in total. The second kappa shape index (κ2) is 40.8. The number of allylic oxidation sites excluding steroid dienone is 2. The Morgan fingerprint density at radius 2 is 0.838 bits per heavy atom. The van der Waals surface area contributed by atoms with Crippen molar-refractivity contribution in [1.82, 2.24) is 0 Å². The highest BCUT2D eigenvalue weighted by Crippen LogP contribution is 2.27. The molecule has 0 spiro atoms. The van der Waals surface area contributed by atoms with Crippen LogP contribution in [0.4, 0.5) is 0 Å². The van der Waals surface area contributed by atoms with Gasteiger partial charge in [0.1, 0.15) is 55.4 Å². The van der Waals surface area contributed by atoms with Crippen molar-refractivity contribution in [3.05, 3.63) is 12.2 Å². The Kier molecular flexibility index (Phi) is 37.4. The van der Waals surface area contributed by atoms with Crippen molar-refractivity contribution in [2.75, 3.05) is 26.4 Å². The minimum Gasteiger partial charge on any atom is -0.462 e. The van der Waals surface area contributed by atoms with Crippen LogP contribution in [0.1, 0.15) is 219 Å². The predicted molar refractivity (Wildman–Crippen MR) is 261 cm³/mol. The Morgan fingerprint density at radius 1 is 0.456 bits per heavy atom. The van der Waals surface area contributed by atoms with Crippen LogP contribution in [-0.4, -0.2) is 142 Å². The molecule has 0 saturated carbocycles. The first-order chi connectivity index (χ1) is 33.0. The second-order valence-electron chi connectivity index (χ2n) is 19.4. The largest absolute Gasteiger partial charge is 0.462 e. The van der Waals surface area contributed by atoms with Gasteiger partial charge in [0, 0.05) is 12.8 Å². The van der Waals surface area contributed by atoms with Crippen LogP contribution in [0, 0.1) is 0 Å². The van der Waals surface area contributed by atoms with Gasteiger partial charge < -0.3 is 64.2 Å². The van der Waals surface area contributed by atoms with Crippen molar-refractivity contribution in [3.63, 3.8) is 0 Å². The molecule has 2 fully saturated rings. The number of unbranched alkanes of at least 4 members (excludes halogenated alkanes) is 27. The van der Waals surface area contributed by atoms with Gasteiger partial charge >= 0.3 is 11.9 Å². The van der Waals surface area contributed by atoms with E-state index in [0.29, 0.717) is 12.8 Å². The SMILES string of the molecule is CCCCCCCCCC/C=C/CCCCCC(=O)O[C@@H](COC(=O)CCCCCCCCCCCCCCCCCCC)CO[C@@H]1O[C@H](CO[C@@H]2O[C@H](CO)[C@H](O)C(O)C2O)[C@H](O)C(O)C1O. The van der Waals surface area contributed by atoms with E-state index in [1.54, 1.807) is 0 Å². The van der Waals surface area contributed by atoms with E-state index in [2.05, 4.69) is 26.0 Å². The molecule has 2 aliphatic rings. The van der Waals surface area contributed by atoms with Crippen LogP contribution >= 0.6 is 0 Å². The zero-order valence-electron chi connectivity index (χ0n) is 42.4. The van der Waals surface area contributed by atoms with Gasteiger partial charge in [-0.15, -0.1) is 0 Å². The van der Waals surface area contributed by atoms with Gasteiger partial charge in [0.25, 0.3) is 0 Å². The summed E-state index contributed by atoms with van der Waals surface area (Å²) in [4.78, 5) is 25.8. The Bertz CT molecular complexity index is 1240. The van der Waals surface area contributed by atoms with Crippen LogP contribution in [0.25, 0.3) is 0 Å². The standard InChI is InChI=1S/C53H98O15/c1-3-5-7-9-11-13-15-17-19-20-22-23-25-27-29-31-33-35-44(55)63-38-41(66-45(56)36-34-32-30-28-26-24-21-18-16-14-12-10-8-6-4-2)39-64-52-51(62)49(60)47(58)43(68-52)40-65-53-50(61)48(59)46(57)42(37-54)67-53/h24,26,41-43,46-54,57-62H,3-23,25,27-40H2,1-2H3/b26-24+/t41-,42+,43+,46-,47-,48?,49?,50?,51?,52+,53+/m0/s1. The quantitative estimate of drug-likeness (QED) is 0.0174. The van der Waals surface area contributed by atoms with Gasteiger partial charge in [0.15, 0.2) is 18.7 Å². The number of carbonyl (C=O) groups is 2. The molecule has 15 nitrogen and oxygen atoms in total. The van der Waals surface area contributed by atoms with E-state index in [1.807, 2.05) is 0 Å². The molecule has 2 heterocycles. The Labute approximate surface area is 410 Å². The lowest BCUT2D eigenvalue weighted by atomic mass is 9.98. The highest BCUT2D eigenvalue weighted by Gasteiger charge is 2.47. The third-order valence-corrected chi connectivity index (χ3v) is 13.2.